The summed E-state index contributed by atoms with van der Waals surface area (Å²) in [5.41, 5.74) is 4.52. The Morgan fingerprint density at radius 3 is 2.52 bits per heavy atom. The molecule has 1 aromatic carbocycles. The second-order valence-corrected chi connectivity index (χ2v) is 5.16. The van der Waals surface area contributed by atoms with E-state index in [4.69, 9.17) is 5.26 Å². The van der Waals surface area contributed by atoms with Crippen LogP contribution in [0.1, 0.15) is 18.2 Å². The van der Waals surface area contributed by atoms with E-state index in [9.17, 15) is 5.11 Å². The molecule has 1 unspecified atom stereocenters. The average molecular weight is 277 g/mol. The number of nitriles is 1. The van der Waals surface area contributed by atoms with Crippen molar-refractivity contribution < 1.29 is 5.11 Å². The molecule has 0 amide bonds. The van der Waals surface area contributed by atoms with Crippen molar-refractivity contribution in [3.63, 3.8) is 0 Å². The van der Waals surface area contributed by atoms with E-state index in [0.29, 0.717) is 12.0 Å². The highest BCUT2D eigenvalue weighted by molar-refractivity contribution is 5.65. The molecule has 104 valence electrons. The number of aliphatic hydroxyl groups excluding tert-OH is 1. The van der Waals surface area contributed by atoms with E-state index >= 15 is 0 Å². The van der Waals surface area contributed by atoms with Gasteiger partial charge in [-0.25, -0.2) is 4.98 Å². The summed E-state index contributed by atoms with van der Waals surface area (Å²) in [4.78, 5) is 4.47. The molecule has 3 aromatic rings. The summed E-state index contributed by atoms with van der Waals surface area (Å²) >= 11 is 0. The molecule has 2 heterocycles. The Morgan fingerprint density at radius 1 is 1.14 bits per heavy atom. The SMILES string of the molecule is CC(O)Cc1cn2cc(-c3ccc(C#N)cc3)ccc2n1. The van der Waals surface area contributed by atoms with Gasteiger partial charge in [0.15, 0.2) is 0 Å². The van der Waals surface area contributed by atoms with E-state index in [0.717, 1.165) is 22.5 Å². The monoisotopic (exact) mass is 277 g/mol. The summed E-state index contributed by atoms with van der Waals surface area (Å²) in [7, 11) is 0. The zero-order valence-electron chi connectivity index (χ0n) is 11.7. The predicted molar refractivity (Wildman–Crippen MR) is 80.7 cm³/mol. The van der Waals surface area contributed by atoms with Crippen molar-refractivity contribution in [1.82, 2.24) is 9.38 Å². The van der Waals surface area contributed by atoms with Gasteiger partial charge in [-0.3, -0.25) is 0 Å². The Hall–Kier alpha value is -2.64. The lowest BCUT2D eigenvalue weighted by molar-refractivity contribution is 0.194. The second kappa shape index (κ2) is 5.39. The van der Waals surface area contributed by atoms with Crippen molar-refractivity contribution >= 4 is 5.65 Å². The van der Waals surface area contributed by atoms with Crippen LogP contribution in [0.2, 0.25) is 0 Å². The molecule has 0 saturated carbocycles. The molecule has 1 atom stereocenters. The van der Waals surface area contributed by atoms with Gasteiger partial charge in [-0.15, -0.1) is 0 Å². The Morgan fingerprint density at radius 2 is 1.86 bits per heavy atom. The first-order chi connectivity index (χ1) is 10.2. The number of hydrogen-bond donors (Lipinski definition) is 1. The Bertz CT molecular complexity index is 810. The lowest BCUT2D eigenvalue weighted by atomic mass is 10.1. The van der Waals surface area contributed by atoms with Gasteiger partial charge >= 0.3 is 0 Å². The average Bonchev–Trinajstić information content (AvgIpc) is 2.87. The van der Waals surface area contributed by atoms with Gasteiger partial charge in [-0.05, 0) is 42.3 Å². The highest BCUT2D eigenvalue weighted by atomic mass is 16.3. The molecule has 3 rings (SSSR count). The Kier molecular flexibility index (Phi) is 3.43. The molecule has 0 fully saturated rings. The maximum Gasteiger partial charge on any atom is 0.137 e. The van der Waals surface area contributed by atoms with E-state index in [1.807, 2.05) is 53.2 Å². The van der Waals surface area contributed by atoms with Crippen LogP contribution in [-0.2, 0) is 6.42 Å². The number of pyridine rings is 1. The number of rotatable bonds is 3. The predicted octanol–water partition coefficient (Wildman–Crippen LogP) is 2.80. The lowest BCUT2D eigenvalue weighted by Gasteiger charge is -2.02. The van der Waals surface area contributed by atoms with Crippen LogP contribution in [0.5, 0.6) is 0 Å². The van der Waals surface area contributed by atoms with Crippen LogP contribution in [0.3, 0.4) is 0 Å². The minimum Gasteiger partial charge on any atom is -0.393 e. The molecular weight excluding hydrogens is 262 g/mol. The van der Waals surface area contributed by atoms with Gasteiger partial charge in [0.25, 0.3) is 0 Å². The standard InChI is InChI=1S/C17H15N3O/c1-12(21)8-16-11-20-10-15(6-7-17(20)19-16)14-4-2-13(9-18)3-5-14/h2-7,10-12,21H,8H2,1H3. The first kappa shape index (κ1) is 13.3. The lowest BCUT2D eigenvalue weighted by Crippen LogP contribution is -2.03. The third kappa shape index (κ3) is 2.78. The van der Waals surface area contributed by atoms with E-state index < -0.39 is 6.10 Å². The molecular formula is C17H15N3O. The van der Waals surface area contributed by atoms with Crippen LogP contribution in [0.4, 0.5) is 0 Å². The molecule has 0 radical (unpaired) electrons. The normalized spacial score (nSPS) is 12.2. The quantitative estimate of drug-likeness (QED) is 0.800. The summed E-state index contributed by atoms with van der Waals surface area (Å²) in [5.74, 6) is 0. The van der Waals surface area contributed by atoms with Gasteiger partial charge in [-0.2, -0.15) is 5.26 Å². The van der Waals surface area contributed by atoms with Crippen LogP contribution in [-0.4, -0.2) is 20.6 Å². The largest absolute Gasteiger partial charge is 0.393 e. The number of aliphatic hydroxyl groups is 1. The zero-order valence-corrected chi connectivity index (χ0v) is 11.7. The molecule has 0 bridgehead atoms. The van der Waals surface area contributed by atoms with Crippen LogP contribution in [0.25, 0.3) is 16.8 Å². The summed E-state index contributed by atoms with van der Waals surface area (Å²) in [6.07, 6.45) is 4.10. The van der Waals surface area contributed by atoms with E-state index in [2.05, 4.69) is 11.1 Å². The molecule has 4 nitrogen and oxygen atoms in total. The highest BCUT2D eigenvalue weighted by Crippen LogP contribution is 2.21. The molecule has 1 N–H and O–H groups in total. The summed E-state index contributed by atoms with van der Waals surface area (Å²) in [6, 6.07) is 13.6. The van der Waals surface area contributed by atoms with Gasteiger partial charge in [0.1, 0.15) is 5.65 Å². The smallest absolute Gasteiger partial charge is 0.137 e. The number of imidazole rings is 1. The van der Waals surface area contributed by atoms with Crippen LogP contribution in [0.15, 0.2) is 48.8 Å². The molecule has 21 heavy (non-hydrogen) atoms. The van der Waals surface area contributed by atoms with Crippen molar-refractivity contribution in [2.45, 2.75) is 19.4 Å². The molecule has 0 spiro atoms. The third-order valence-corrected chi connectivity index (χ3v) is 3.35. The number of aromatic nitrogens is 2. The van der Waals surface area contributed by atoms with Crippen molar-refractivity contribution in [2.75, 3.05) is 0 Å². The summed E-state index contributed by atoms with van der Waals surface area (Å²) < 4.78 is 1.96. The first-order valence-corrected chi connectivity index (χ1v) is 6.82. The third-order valence-electron chi connectivity index (χ3n) is 3.35. The van der Waals surface area contributed by atoms with Crippen molar-refractivity contribution in [3.8, 4) is 17.2 Å². The van der Waals surface area contributed by atoms with Gasteiger partial charge in [0.05, 0.1) is 23.4 Å². The number of fused-ring (bicyclic) bond motifs is 1. The number of nitrogens with zero attached hydrogens (tertiary/aromatic N) is 3. The number of benzene rings is 1. The fourth-order valence-electron chi connectivity index (χ4n) is 2.35. The van der Waals surface area contributed by atoms with Crippen molar-refractivity contribution in [2.24, 2.45) is 0 Å². The van der Waals surface area contributed by atoms with Crippen LogP contribution in [0, 0.1) is 11.3 Å². The fourth-order valence-corrected chi connectivity index (χ4v) is 2.35. The fraction of sp³-hybridized carbons (Fsp3) is 0.176. The molecule has 4 heteroatoms. The highest BCUT2D eigenvalue weighted by Gasteiger charge is 2.06. The molecule has 0 saturated heterocycles. The van der Waals surface area contributed by atoms with Gasteiger partial charge in [0, 0.05) is 18.8 Å². The Labute approximate surface area is 122 Å². The van der Waals surface area contributed by atoms with E-state index in [1.165, 1.54) is 0 Å². The van der Waals surface area contributed by atoms with E-state index in [1.54, 1.807) is 6.92 Å². The topological polar surface area (TPSA) is 61.3 Å². The minimum absolute atomic E-state index is 0.395. The van der Waals surface area contributed by atoms with Crippen LogP contribution < -0.4 is 0 Å². The molecule has 0 aliphatic carbocycles. The van der Waals surface area contributed by atoms with Gasteiger partial charge in [0.2, 0.25) is 0 Å². The maximum absolute atomic E-state index is 9.44. The minimum atomic E-state index is -0.395. The van der Waals surface area contributed by atoms with Gasteiger partial charge in [-0.1, -0.05) is 12.1 Å². The van der Waals surface area contributed by atoms with Gasteiger partial charge < -0.3 is 9.51 Å². The molecule has 0 aliphatic rings. The molecule has 2 aromatic heterocycles. The van der Waals surface area contributed by atoms with E-state index in [-0.39, 0.29) is 0 Å². The first-order valence-electron chi connectivity index (χ1n) is 6.82. The van der Waals surface area contributed by atoms with Crippen molar-refractivity contribution in [1.29, 1.82) is 5.26 Å². The molecule has 0 aliphatic heterocycles. The number of hydrogen-bond acceptors (Lipinski definition) is 3. The maximum atomic E-state index is 9.44. The zero-order chi connectivity index (χ0) is 14.8. The Balaban J connectivity index is 1.98. The second-order valence-electron chi connectivity index (χ2n) is 5.16. The summed E-state index contributed by atoms with van der Waals surface area (Å²) in [6.45, 7) is 1.76. The van der Waals surface area contributed by atoms with Crippen molar-refractivity contribution in [3.05, 3.63) is 60.0 Å². The summed E-state index contributed by atoms with van der Waals surface area (Å²) in [5, 5.41) is 18.3. The van der Waals surface area contributed by atoms with Crippen LogP contribution >= 0.6 is 0 Å².